The van der Waals surface area contributed by atoms with E-state index in [1.807, 2.05) is 24.3 Å². The van der Waals surface area contributed by atoms with Crippen LogP contribution in [0, 0.1) is 0 Å². The van der Waals surface area contributed by atoms with E-state index in [1.54, 1.807) is 36.4 Å². The van der Waals surface area contributed by atoms with Crippen LogP contribution in [0.15, 0.2) is 69.9 Å². The fourth-order valence-electron chi connectivity index (χ4n) is 3.38. The summed E-state index contributed by atoms with van der Waals surface area (Å²) in [5.41, 5.74) is 2.86. The Labute approximate surface area is 201 Å². The van der Waals surface area contributed by atoms with Crippen LogP contribution in [0.3, 0.4) is 0 Å². The maximum atomic E-state index is 13.4. The van der Waals surface area contributed by atoms with E-state index in [-0.39, 0.29) is 23.2 Å². The number of halogens is 3. The highest BCUT2D eigenvalue weighted by molar-refractivity contribution is 6.42. The van der Waals surface area contributed by atoms with Gasteiger partial charge in [-0.2, -0.15) is 0 Å². The fraction of sp³-hybridized carbons (Fsp3) is 0.192. The first-order chi connectivity index (χ1) is 15.1. The molecule has 4 rings (SSSR count). The van der Waals surface area contributed by atoms with Gasteiger partial charge in [0.25, 0.3) is 0 Å². The van der Waals surface area contributed by atoms with Crippen molar-refractivity contribution in [3.05, 3.63) is 97.1 Å². The van der Waals surface area contributed by atoms with E-state index in [1.165, 1.54) is 5.56 Å². The highest BCUT2D eigenvalue weighted by atomic mass is 35.5. The Hall–Kier alpha value is -2.46. The fourth-order valence-corrected chi connectivity index (χ4v) is 3.87. The Morgan fingerprint density at radius 1 is 0.875 bits per heavy atom. The maximum absolute atomic E-state index is 13.4. The lowest BCUT2D eigenvalue weighted by Crippen LogP contribution is -2.11. The second-order valence-corrected chi connectivity index (χ2v) is 9.85. The van der Waals surface area contributed by atoms with Gasteiger partial charge in [0.2, 0.25) is 11.2 Å². The number of ether oxygens (including phenoxy) is 1. The summed E-state index contributed by atoms with van der Waals surface area (Å²) < 4.78 is 12.1. The average Bonchev–Trinajstić information content (AvgIpc) is 2.75. The quantitative estimate of drug-likeness (QED) is 0.290. The summed E-state index contributed by atoms with van der Waals surface area (Å²) in [4.78, 5) is 13.4. The van der Waals surface area contributed by atoms with Crippen molar-refractivity contribution in [2.24, 2.45) is 0 Å². The highest BCUT2D eigenvalue weighted by Crippen LogP contribution is 2.34. The molecule has 1 heterocycles. The van der Waals surface area contributed by atoms with E-state index < -0.39 is 0 Å². The van der Waals surface area contributed by atoms with E-state index in [0.29, 0.717) is 31.8 Å². The zero-order valence-electron chi connectivity index (χ0n) is 17.8. The predicted octanol–water partition coefficient (Wildman–Crippen LogP) is 8.30. The molecule has 0 atom stereocenters. The lowest BCUT2D eigenvalue weighted by molar-refractivity contribution is 0.298. The molecule has 0 aliphatic heterocycles. The second kappa shape index (κ2) is 8.82. The minimum atomic E-state index is -0.288. The third kappa shape index (κ3) is 4.66. The van der Waals surface area contributed by atoms with Crippen LogP contribution in [-0.4, -0.2) is 0 Å². The molecule has 0 saturated heterocycles. The van der Waals surface area contributed by atoms with Gasteiger partial charge in [0.15, 0.2) is 5.76 Å². The van der Waals surface area contributed by atoms with Crippen LogP contribution in [0.4, 0.5) is 0 Å². The van der Waals surface area contributed by atoms with E-state index >= 15 is 0 Å². The lowest BCUT2D eigenvalue weighted by atomic mass is 9.86. The molecule has 32 heavy (non-hydrogen) atoms. The molecule has 4 aromatic rings. The summed E-state index contributed by atoms with van der Waals surface area (Å²) in [6, 6.07) is 18.1. The zero-order valence-corrected chi connectivity index (χ0v) is 20.1. The number of rotatable bonds is 4. The van der Waals surface area contributed by atoms with Crippen molar-refractivity contribution < 1.29 is 9.15 Å². The molecule has 0 saturated carbocycles. The monoisotopic (exact) mass is 486 g/mol. The molecule has 0 bridgehead atoms. The molecular formula is C26H21Cl3O3. The van der Waals surface area contributed by atoms with Crippen molar-refractivity contribution in [2.45, 2.75) is 32.8 Å². The number of benzene rings is 3. The molecule has 1 aromatic heterocycles. The van der Waals surface area contributed by atoms with Gasteiger partial charge < -0.3 is 9.15 Å². The Morgan fingerprint density at radius 2 is 1.59 bits per heavy atom. The Kier molecular flexibility index (Phi) is 6.26. The van der Waals surface area contributed by atoms with E-state index in [9.17, 15) is 4.79 Å². The van der Waals surface area contributed by atoms with E-state index in [0.717, 1.165) is 11.1 Å². The molecule has 3 nitrogen and oxygen atoms in total. The molecular weight excluding hydrogens is 467 g/mol. The van der Waals surface area contributed by atoms with Gasteiger partial charge in [0.1, 0.15) is 12.2 Å². The predicted molar refractivity (Wildman–Crippen MR) is 132 cm³/mol. The summed E-state index contributed by atoms with van der Waals surface area (Å²) in [5.74, 6) is 0.486. The van der Waals surface area contributed by atoms with Crippen molar-refractivity contribution in [1.82, 2.24) is 0 Å². The smallest absolute Gasteiger partial charge is 0.235 e. The van der Waals surface area contributed by atoms with Crippen LogP contribution in [0.1, 0.15) is 31.9 Å². The Bertz CT molecular complexity index is 1350. The standard InChI is InChI=1S/C26H21Cl3O3/c1-26(2,3)17-7-5-16(6-8-17)24-25(31-14-15-4-10-20(28)21(29)12-15)23(30)19-13-18(27)9-11-22(19)32-24/h4-13H,14H2,1-3H3. The first-order valence-corrected chi connectivity index (χ1v) is 11.2. The van der Waals surface area contributed by atoms with E-state index in [2.05, 4.69) is 20.8 Å². The van der Waals surface area contributed by atoms with Crippen molar-refractivity contribution in [3.63, 3.8) is 0 Å². The normalized spacial score (nSPS) is 11.7. The molecule has 0 radical (unpaired) electrons. The molecule has 3 aromatic carbocycles. The van der Waals surface area contributed by atoms with Crippen LogP contribution in [-0.2, 0) is 12.0 Å². The average molecular weight is 488 g/mol. The van der Waals surface area contributed by atoms with Gasteiger partial charge in [-0.15, -0.1) is 0 Å². The molecule has 6 heteroatoms. The lowest BCUT2D eigenvalue weighted by Gasteiger charge is -2.19. The molecule has 0 aliphatic rings. The van der Waals surface area contributed by atoms with Crippen LogP contribution in [0.5, 0.6) is 5.75 Å². The molecule has 0 spiro atoms. The zero-order chi connectivity index (χ0) is 23.0. The van der Waals surface area contributed by atoms with Crippen molar-refractivity contribution in [2.75, 3.05) is 0 Å². The molecule has 0 unspecified atom stereocenters. The van der Waals surface area contributed by atoms with Crippen LogP contribution < -0.4 is 10.2 Å². The summed E-state index contributed by atoms with van der Waals surface area (Å²) >= 11 is 18.2. The van der Waals surface area contributed by atoms with Gasteiger partial charge in [-0.05, 0) is 46.9 Å². The first-order valence-electron chi connectivity index (χ1n) is 10.1. The van der Waals surface area contributed by atoms with Gasteiger partial charge in [-0.3, -0.25) is 4.79 Å². The van der Waals surface area contributed by atoms with Gasteiger partial charge in [-0.25, -0.2) is 0 Å². The number of fused-ring (bicyclic) bond motifs is 1. The van der Waals surface area contributed by atoms with E-state index in [4.69, 9.17) is 44.0 Å². The van der Waals surface area contributed by atoms with Gasteiger partial charge in [-0.1, -0.05) is 85.9 Å². The number of hydrogen-bond acceptors (Lipinski definition) is 3. The second-order valence-electron chi connectivity index (χ2n) is 8.59. The van der Waals surface area contributed by atoms with Crippen LogP contribution in [0.25, 0.3) is 22.3 Å². The highest BCUT2D eigenvalue weighted by Gasteiger charge is 2.20. The van der Waals surface area contributed by atoms with Crippen molar-refractivity contribution in [3.8, 4) is 17.1 Å². The molecule has 164 valence electrons. The Balaban J connectivity index is 1.82. The van der Waals surface area contributed by atoms with Gasteiger partial charge in [0.05, 0.1) is 15.4 Å². The minimum Gasteiger partial charge on any atom is -0.481 e. The maximum Gasteiger partial charge on any atom is 0.235 e. The van der Waals surface area contributed by atoms with Crippen molar-refractivity contribution in [1.29, 1.82) is 0 Å². The first kappa shape index (κ1) is 22.7. The third-order valence-corrected chi connectivity index (χ3v) is 6.17. The number of hydrogen-bond donors (Lipinski definition) is 0. The van der Waals surface area contributed by atoms with Gasteiger partial charge in [0, 0.05) is 10.6 Å². The SMILES string of the molecule is CC(C)(C)c1ccc(-c2oc3ccc(Cl)cc3c(=O)c2OCc2ccc(Cl)c(Cl)c2)cc1. The van der Waals surface area contributed by atoms with Gasteiger partial charge >= 0.3 is 0 Å². The van der Waals surface area contributed by atoms with Crippen molar-refractivity contribution >= 4 is 45.8 Å². The summed E-state index contributed by atoms with van der Waals surface area (Å²) in [5, 5.41) is 1.68. The largest absolute Gasteiger partial charge is 0.481 e. The molecule has 0 fully saturated rings. The topological polar surface area (TPSA) is 39.4 Å². The summed E-state index contributed by atoms with van der Waals surface area (Å²) in [6.07, 6.45) is 0. The summed E-state index contributed by atoms with van der Waals surface area (Å²) in [6.45, 7) is 6.57. The molecule has 0 amide bonds. The third-order valence-electron chi connectivity index (χ3n) is 5.19. The minimum absolute atomic E-state index is 0.00663. The summed E-state index contributed by atoms with van der Waals surface area (Å²) in [7, 11) is 0. The molecule has 0 N–H and O–H groups in total. The molecule has 0 aliphatic carbocycles. The van der Waals surface area contributed by atoms with Crippen LogP contribution in [0.2, 0.25) is 15.1 Å². The van der Waals surface area contributed by atoms with Crippen LogP contribution >= 0.6 is 34.8 Å². The Morgan fingerprint density at radius 3 is 2.25 bits per heavy atom.